The van der Waals surface area contributed by atoms with Crippen LogP contribution < -0.4 is 0 Å². The second kappa shape index (κ2) is 9.77. The first kappa shape index (κ1) is 32.0. The Bertz CT molecular complexity index is 874. The van der Waals surface area contributed by atoms with E-state index >= 15 is 0 Å². The molecule has 4 heteroatoms. The van der Waals surface area contributed by atoms with Gasteiger partial charge in [-0.25, -0.2) is 0 Å². The van der Waals surface area contributed by atoms with E-state index in [1.165, 1.54) is 11.1 Å². The van der Waals surface area contributed by atoms with Gasteiger partial charge in [0.25, 0.3) is 0 Å². The van der Waals surface area contributed by atoms with Gasteiger partial charge in [0.2, 0.25) is 0 Å². The summed E-state index contributed by atoms with van der Waals surface area (Å²) >= 11 is 0. The van der Waals surface area contributed by atoms with Crippen molar-refractivity contribution in [3.63, 3.8) is 0 Å². The van der Waals surface area contributed by atoms with Gasteiger partial charge in [0.1, 0.15) is 0 Å². The molecule has 2 unspecified atom stereocenters. The summed E-state index contributed by atoms with van der Waals surface area (Å²) in [5.74, 6) is 0. The lowest BCUT2D eigenvalue weighted by Crippen LogP contribution is -2.76. The average Bonchev–Trinajstić information content (AvgIpc) is 2.77. The van der Waals surface area contributed by atoms with E-state index in [1.807, 2.05) is 0 Å². The number of aliphatic hydroxyl groups excluding tert-OH is 3. The first-order valence-electron chi connectivity index (χ1n) is 13.9. The van der Waals surface area contributed by atoms with E-state index in [0.29, 0.717) is 12.8 Å². The Morgan fingerprint density at radius 3 is 1.05 bits per heavy atom. The van der Waals surface area contributed by atoms with Gasteiger partial charge in [-0.1, -0.05) is 120 Å². The predicted octanol–water partition coefficient (Wildman–Crippen LogP) is 6.61. The zero-order chi connectivity index (χ0) is 28.9. The molecular weight excluding hydrogens is 460 g/mol. The smallest absolute Gasteiger partial charge is 0.0966 e. The lowest BCUT2D eigenvalue weighted by Gasteiger charge is -2.70. The van der Waals surface area contributed by atoms with Crippen molar-refractivity contribution in [2.75, 3.05) is 19.8 Å². The molecule has 0 saturated carbocycles. The van der Waals surface area contributed by atoms with Gasteiger partial charge in [0.05, 0.1) is 30.8 Å². The van der Waals surface area contributed by atoms with Crippen LogP contribution in [0.25, 0.3) is 0 Å². The number of hydrogen-bond acceptors (Lipinski definition) is 4. The molecule has 37 heavy (non-hydrogen) atoms. The molecule has 2 atom stereocenters. The van der Waals surface area contributed by atoms with Crippen LogP contribution in [0.15, 0.2) is 47.6 Å². The maximum Gasteiger partial charge on any atom is 0.0966 e. The third kappa shape index (κ3) is 4.75. The van der Waals surface area contributed by atoms with Crippen LogP contribution in [0.2, 0.25) is 0 Å². The number of aliphatic hydroxyl groups is 4. The van der Waals surface area contributed by atoms with Crippen molar-refractivity contribution in [1.29, 1.82) is 0 Å². The zero-order valence-electron chi connectivity index (χ0n) is 25.8. The molecule has 0 radical (unpaired) electrons. The molecule has 2 aliphatic carbocycles. The minimum absolute atomic E-state index is 0.0580. The highest BCUT2D eigenvalue weighted by Gasteiger charge is 2.74. The molecule has 212 valence electrons. The van der Waals surface area contributed by atoms with Crippen molar-refractivity contribution in [2.24, 2.45) is 37.9 Å². The van der Waals surface area contributed by atoms with Gasteiger partial charge in [0.15, 0.2) is 0 Å². The molecule has 2 aliphatic rings. The lowest BCUT2D eigenvalue weighted by atomic mass is 9.36. The summed E-state index contributed by atoms with van der Waals surface area (Å²) in [6, 6.07) is 0. The Hall–Kier alpha value is -1.20. The summed E-state index contributed by atoms with van der Waals surface area (Å²) in [5.41, 5.74) is -3.81. The molecule has 0 bridgehead atoms. The minimum atomic E-state index is -1.73. The first-order chi connectivity index (χ1) is 16.6. The quantitative estimate of drug-likeness (QED) is 0.320. The Morgan fingerprint density at radius 1 is 0.595 bits per heavy atom. The summed E-state index contributed by atoms with van der Waals surface area (Å²) in [4.78, 5) is 0. The normalized spacial score (nSPS) is 27.6. The molecule has 0 amide bonds. The number of allylic oxidation sites excluding steroid dienone is 6. The largest absolute Gasteiger partial charge is 0.395 e. The molecule has 4 nitrogen and oxygen atoms in total. The SMILES string of the molecule is CC(C)(C)C1=CCC(C(C)(C)C)(C(O)(C(CO)(CO)CO)C2(C(C)(C)C)C=CC(C(C)(C)C)=CC2)C=C1. The fourth-order valence-corrected chi connectivity index (χ4v) is 6.96. The maximum absolute atomic E-state index is 13.7. The highest BCUT2D eigenvalue weighted by atomic mass is 16.3. The summed E-state index contributed by atoms with van der Waals surface area (Å²) in [6.07, 6.45) is 14.0. The Kier molecular flexibility index (Phi) is 8.45. The van der Waals surface area contributed by atoms with E-state index < -0.39 is 52.5 Å². The van der Waals surface area contributed by atoms with Gasteiger partial charge in [-0.05, 0) is 45.6 Å². The second-order valence-electron chi connectivity index (χ2n) is 15.8. The number of rotatable bonds is 6. The van der Waals surface area contributed by atoms with Crippen LogP contribution in [-0.2, 0) is 0 Å². The topological polar surface area (TPSA) is 80.9 Å². The van der Waals surface area contributed by atoms with E-state index in [9.17, 15) is 20.4 Å². The first-order valence-corrected chi connectivity index (χ1v) is 13.9. The van der Waals surface area contributed by atoms with Gasteiger partial charge in [-0.15, -0.1) is 0 Å². The van der Waals surface area contributed by atoms with E-state index in [2.05, 4.69) is 120 Å². The van der Waals surface area contributed by atoms with E-state index in [0.717, 1.165) is 0 Å². The Balaban J connectivity index is 3.07. The van der Waals surface area contributed by atoms with Crippen LogP contribution in [0.5, 0.6) is 0 Å². The van der Waals surface area contributed by atoms with Gasteiger partial charge < -0.3 is 20.4 Å². The lowest BCUT2D eigenvalue weighted by molar-refractivity contribution is -0.292. The van der Waals surface area contributed by atoms with Crippen molar-refractivity contribution in [1.82, 2.24) is 0 Å². The van der Waals surface area contributed by atoms with Crippen LogP contribution in [-0.4, -0.2) is 45.8 Å². The van der Waals surface area contributed by atoms with Gasteiger partial charge in [0, 0.05) is 10.8 Å². The zero-order valence-corrected chi connectivity index (χ0v) is 25.8. The summed E-state index contributed by atoms with van der Waals surface area (Å²) in [7, 11) is 0. The molecule has 0 aromatic rings. The minimum Gasteiger partial charge on any atom is -0.395 e. The monoisotopic (exact) mass is 516 g/mol. The molecule has 0 heterocycles. The van der Waals surface area contributed by atoms with Crippen molar-refractivity contribution >= 4 is 0 Å². The van der Waals surface area contributed by atoms with E-state index in [4.69, 9.17) is 0 Å². The molecule has 0 aromatic carbocycles. The van der Waals surface area contributed by atoms with Gasteiger partial charge in [-0.3, -0.25) is 0 Å². The fraction of sp³-hybridized carbons (Fsp3) is 0.758. The fourth-order valence-electron chi connectivity index (χ4n) is 6.96. The maximum atomic E-state index is 13.7. The van der Waals surface area contributed by atoms with Crippen molar-refractivity contribution in [3.05, 3.63) is 47.6 Å². The average molecular weight is 517 g/mol. The molecule has 0 aromatic heterocycles. The summed E-state index contributed by atoms with van der Waals surface area (Å²) in [6.45, 7) is 24.2. The molecule has 0 spiro atoms. The molecule has 0 aliphatic heterocycles. The molecule has 4 N–H and O–H groups in total. The standard InChI is InChI=1S/C33H56O4/c1-26(2,3)24-13-17-31(18-14-24,28(7,8)9)33(37,30(21-34,22-35)23-36)32(29(10,11)12)19-15-25(16-20-32)27(4,5)6/h13-17,19,34-37H,18,20-23H2,1-12H3. The van der Waals surface area contributed by atoms with Gasteiger partial charge >= 0.3 is 0 Å². The van der Waals surface area contributed by atoms with Crippen LogP contribution >= 0.6 is 0 Å². The van der Waals surface area contributed by atoms with Crippen LogP contribution in [0.3, 0.4) is 0 Å². The van der Waals surface area contributed by atoms with E-state index in [-0.39, 0.29) is 10.8 Å². The van der Waals surface area contributed by atoms with Crippen molar-refractivity contribution in [2.45, 2.75) is 102 Å². The molecular formula is C33H56O4. The second-order valence-corrected chi connectivity index (χ2v) is 15.8. The number of hydrogen-bond donors (Lipinski definition) is 4. The Labute approximate surface area is 227 Å². The highest BCUT2D eigenvalue weighted by molar-refractivity contribution is 5.42. The van der Waals surface area contributed by atoms with Crippen molar-refractivity contribution < 1.29 is 20.4 Å². The molecule has 0 fully saturated rings. The summed E-state index contributed by atoms with van der Waals surface area (Å²) < 4.78 is 0. The highest BCUT2D eigenvalue weighted by Crippen LogP contribution is 2.70. The van der Waals surface area contributed by atoms with Crippen LogP contribution in [0.1, 0.15) is 95.9 Å². The van der Waals surface area contributed by atoms with Crippen LogP contribution in [0, 0.1) is 37.9 Å². The third-order valence-corrected chi connectivity index (χ3v) is 9.76. The Morgan fingerprint density at radius 2 is 0.892 bits per heavy atom. The van der Waals surface area contributed by atoms with E-state index in [1.54, 1.807) is 0 Å². The predicted molar refractivity (Wildman–Crippen MR) is 155 cm³/mol. The third-order valence-electron chi connectivity index (χ3n) is 9.76. The molecule has 0 saturated heterocycles. The van der Waals surface area contributed by atoms with Gasteiger partial charge in [-0.2, -0.15) is 0 Å². The van der Waals surface area contributed by atoms with Crippen molar-refractivity contribution in [3.8, 4) is 0 Å². The summed E-state index contributed by atoms with van der Waals surface area (Å²) in [5, 5.41) is 46.5. The van der Waals surface area contributed by atoms with Crippen LogP contribution in [0.4, 0.5) is 0 Å². The molecule has 2 rings (SSSR count).